The van der Waals surface area contributed by atoms with E-state index in [1.807, 2.05) is 0 Å². The molecule has 0 spiro atoms. The van der Waals surface area contributed by atoms with Crippen molar-refractivity contribution in [2.45, 2.75) is 9.79 Å². The highest BCUT2D eigenvalue weighted by Gasteiger charge is 2.34. The van der Waals surface area contributed by atoms with Gasteiger partial charge in [-0.1, -0.05) is 53.0 Å². The Balaban J connectivity index is 1.80. The Bertz CT molecular complexity index is 1050. The quantitative estimate of drug-likeness (QED) is 0.644. The minimum atomic E-state index is -3.93. The van der Waals surface area contributed by atoms with Crippen molar-refractivity contribution >= 4 is 54.8 Å². The molecule has 1 fully saturated rings. The van der Waals surface area contributed by atoms with Gasteiger partial charge in [0.15, 0.2) is 0 Å². The van der Waals surface area contributed by atoms with Gasteiger partial charge in [-0.3, -0.25) is 0 Å². The number of benzene rings is 2. The molecule has 146 valence electrons. The van der Waals surface area contributed by atoms with Crippen molar-refractivity contribution < 1.29 is 16.8 Å². The van der Waals surface area contributed by atoms with Crippen LogP contribution in [0.2, 0.25) is 15.1 Å². The first-order valence-electron chi connectivity index (χ1n) is 7.84. The number of hydrogen-bond acceptors (Lipinski definition) is 4. The van der Waals surface area contributed by atoms with Crippen molar-refractivity contribution in [2.75, 3.05) is 26.2 Å². The van der Waals surface area contributed by atoms with Crippen LogP contribution in [-0.4, -0.2) is 51.6 Å². The van der Waals surface area contributed by atoms with E-state index in [4.69, 9.17) is 34.8 Å². The van der Waals surface area contributed by atoms with Crippen molar-refractivity contribution in [1.82, 2.24) is 8.61 Å². The number of halogens is 3. The lowest BCUT2D eigenvalue weighted by Gasteiger charge is -2.33. The zero-order valence-electron chi connectivity index (χ0n) is 13.8. The van der Waals surface area contributed by atoms with Gasteiger partial charge in [-0.2, -0.15) is 8.61 Å². The molecule has 0 unspecified atom stereocenters. The average molecular weight is 470 g/mol. The highest BCUT2D eigenvalue weighted by atomic mass is 35.5. The van der Waals surface area contributed by atoms with E-state index in [0.29, 0.717) is 0 Å². The third-order valence-corrected chi connectivity index (χ3v) is 9.17. The van der Waals surface area contributed by atoms with E-state index in [1.165, 1.54) is 32.9 Å². The first-order valence-corrected chi connectivity index (χ1v) is 11.9. The molecule has 1 heterocycles. The molecule has 2 aromatic rings. The van der Waals surface area contributed by atoms with Gasteiger partial charge in [-0.25, -0.2) is 16.8 Å². The highest BCUT2D eigenvalue weighted by Crippen LogP contribution is 2.33. The summed E-state index contributed by atoms with van der Waals surface area (Å²) in [6.45, 7) is 0.0841. The normalized spacial score (nSPS) is 17.1. The van der Waals surface area contributed by atoms with Crippen molar-refractivity contribution in [3.8, 4) is 0 Å². The fourth-order valence-corrected chi connectivity index (χ4v) is 6.57. The minimum absolute atomic E-state index is 0.00493. The predicted octanol–water partition coefficient (Wildman–Crippen LogP) is 3.34. The molecular formula is C16H15Cl3N2O4S2. The Kier molecular flexibility index (Phi) is 6.08. The van der Waals surface area contributed by atoms with Gasteiger partial charge in [0, 0.05) is 26.2 Å². The van der Waals surface area contributed by atoms with Gasteiger partial charge in [0.1, 0.15) is 4.90 Å². The molecule has 3 rings (SSSR count). The summed E-state index contributed by atoms with van der Waals surface area (Å²) in [5, 5.41) is 0.188. The van der Waals surface area contributed by atoms with Crippen LogP contribution >= 0.6 is 34.8 Å². The van der Waals surface area contributed by atoms with E-state index < -0.39 is 20.0 Å². The van der Waals surface area contributed by atoms with Gasteiger partial charge in [0.05, 0.1) is 20.0 Å². The first-order chi connectivity index (χ1) is 12.6. The highest BCUT2D eigenvalue weighted by molar-refractivity contribution is 7.89. The lowest BCUT2D eigenvalue weighted by Crippen LogP contribution is -2.50. The van der Waals surface area contributed by atoms with Crippen LogP contribution in [0, 0.1) is 0 Å². The summed E-state index contributed by atoms with van der Waals surface area (Å²) in [4.78, 5) is 0.0202. The summed E-state index contributed by atoms with van der Waals surface area (Å²) in [7, 11) is -7.60. The second-order valence-corrected chi connectivity index (χ2v) is 10.9. The number of hydrogen-bond donors (Lipinski definition) is 0. The molecular weight excluding hydrogens is 455 g/mol. The molecule has 1 aliphatic rings. The second-order valence-electron chi connectivity index (χ2n) is 5.82. The fraction of sp³-hybridized carbons (Fsp3) is 0.250. The first kappa shape index (κ1) is 20.9. The van der Waals surface area contributed by atoms with E-state index in [2.05, 4.69) is 0 Å². The average Bonchev–Trinajstić information content (AvgIpc) is 2.65. The summed E-state index contributed by atoms with van der Waals surface area (Å²) in [5.74, 6) is 0. The third kappa shape index (κ3) is 4.12. The van der Waals surface area contributed by atoms with Gasteiger partial charge in [0.25, 0.3) is 0 Å². The molecule has 27 heavy (non-hydrogen) atoms. The second kappa shape index (κ2) is 7.87. The SMILES string of the molecule is O=S(=O)(c1ccccc1)N1CCN(S(=O)(=O)c2cc(Cl)c(Cl)cc2Cl)CC1. The van der Waals surface area contributed by atoms with Crippen molar-refractivity contribution in [3.05, 3.63) is 57.5 Å². The van der Waals surface area contributed by atoms with Gasteiger partial charge in [-0.05, 0) is 24.3 Å². The zero-order valence-corrected chi connectivity index (χ0v) is 17.7. The van der Waals surface area contributed by atoms with Gasteiger partial charge >= 0.3 is 0 Å². The summed E-state index contributed by atoms with van der Waals surface area (Å²) in [6, 6.07) is 10.5. The van der Waals surface area contributed by atoms with Crippen LogP contribution in [0.3, 0.4) is 0 Å². The van der Waals surface area contributed by atoms with E-state index in [-0.39, 0.29) is 51.0 Å². The molecule has 6 nitrogen and oxygen atoms in total. The maximum absolute atomic E-state index is 12.9. The van der Waals surface area contributed by atoms with Crippen molar-refractivity contribution in [3.63, 3.8) is 0 Å². The molecule has 1 aliphatic heterocycles. The summed E-state index contributed by atoms with van der Waals surface area (Å²) in [5.41, 5.74) is 0. The minimum Gasteiger partial charge on any atom is -0.207 e. The van der Waals surface area contributed by atoms with E-state index >= 15 is 0 Å². The largest absolute Gasteiger partial charge is 0.244 e. The van der Waals surface area contributed by atoms with Gasteiger partial charge in [0.2, 0.25) is 20.0 Å². The smallest absolute Gasteiger partial charge is 0.207 e. The summed E-state index contributed by atoms with van der Waals surface area (Å²) < 4.78 is 53.5. The standard InChI is InChI=1S/C16H15Cl3N2O4S2/c17-13-10-15(19)16(11-14(13)18)27(24,25)21-8-6-20(7-9-21)26(22,23)12-4-2-1-3-5-12/h1-5,10-11H,6-9H2. The number of sulfonamides is 2. The van der Waals surface area contributed by atoms with Crippen LogP contribution in [0.4, 0.5) is 0 Å². The van der Waals surface area contributed by atoms with Gasteiger partial charge in [-0.15, -0.1) is 0 Å². The number of rotatable bonds is 4. The molecule has 0 aliphatic carbocycles. The van der Waals surface area contributed by atoms with E-state index in [1.54, 1.807) is 18.2 Å². The molecule has 11 heteroatoms. The summed E-state index contributed by atoms with van der Waals surface area (Å²) in [6.07, 6.45) is 0. The third-order valence-electron chi connectivity index (χ3n) is 4.17. The molecule has 2 aromatic carbocycles. The monoisotopic (exact) mass is 468 g/mol. The molecule has 0 N–H and O–H groups in total. The van der Waals surface area contributed by atoms with Crippen LogP contribution in [0.25, 0.3) is 0 Å². The molecule has 0 saturated carbocycles. The van der Waals surface area contributed by atoms with Crippen LogP contribution in [-0.2, 0) is 20.0 Å². The van der Waals surface area contributed by atoms with Crippen molar-refractivity contribution in [2.24, 2.45) is 0 Å². The van der Waals surface area contributed by atoms with Crippen LogP contribution in [0.5, 0.6) is 0 Å². The molecule has 1 saturated heterocycles. The Morgan fingerprint density at radius 3 is 1.70 bits per heavy atom. The maximum Gasteiger partial charge on any atom is 0.244 e. The number of piperazine rings is 1. The Morgan fingerprint density at radius 2 is 1.15 bits per heavy atom. The van der Waals surface area contributed by atoms with Crippen LogP contribution < -0.4 is 0 Å². The molecule has 0 aromatic heterocycles. The van der Waals surface area contributed by atoms with Gasteiger partial charge < -0.3 is 0 Å². The molecule has 0 radical (unpaired) electrons. The maximum atomic E-state index is 12.9. The Labute approximate surface area is 173 Å². The zero-order chi connectivity index (χ0) is 19.8. The fourth-order valence-electron chi connectivity index (χ4n) is 2.73. The summed E-state index contributed by atoms with van der Waals surface area (Å²) >= 11 is 17.8. The number of nitrogens with zero attached hydrogens (tertiary/aromatic N) is 2. The Morgan fingerprint density at radius 1 is 0.667 bits per heavy atom. The predicted molar refractivity (Wildman–Crippen MR) is 105 cm³/mol. The Hall–Kier alpha value is -0.870. The topological polar surface area (TPSA) is 74.8 Å². The van der Waals surface area contributed by atoms with Crippen LogP contribution in [0.15, 0.2) is 52.3 Å². The van der Waals surface area contributed by atoms with E-state index in [9.17, 15) is 16.8 Å². The lowest BCUT2D eigenvalue weighted by atomic mass is 10.4. The van der Waals surface area contributed by atoms with Crippen LogP contribution in [0.1, 0.15) is 0 Å². The molecule has 0 bridgehead atoms. The van der Waals surface area contributed by atoms with E-state index in [0.717, 1.165) is 0 Å². The lowest BCUT2D eigenvalue weighted by molar-refractivity contribution is 0.273. The molecule has 0 amide bonds. The molecule has 0 atom stereocenters. The van der Waals surface area contributed by atoms with Crippen molar-refractivity contribution in [1.29, 1.82) is 0 Å².